The van der Waals surface area contributed by atoms with Crippen LogP contribution in [0.5, 0.6) is 0 Å². The van der Waals surface area contributed by atoms with Gasteiger partial charge in [-0.05, 0) is 45.0 Å². The number of hydrogen-bond donors (Lipinski definition) is 2. The van der Waals surface area contributed by atoms with Gasteiger partial charge in [0.15, 0.2) is 5.13 Å². The number of nitrogens with two attached hydrogens (primary N) is 1. The van der Waals surface area contributed by atoms with Crippen molar-refractivity contribution in [3.63, 3.8) is 0 Å². The molecule has 21 heavy (non-hydrogen) atoms. The molecule has 0 fully saturated rings. The van der Waals surface area contributed by atoms with Gasteiger partial charge in [-0.1, -0.05) is 11.3 Å². The number of nitrogens with one attached hydrogen (secondary N) is 1. The second kappa shape index (κ2) is 6.58. The normalized spacial score (nSPS) is 10.4. The minimum Gasteiger partial charge on any atom is -0.375 e. The molecule has 0 unspecified atom stereocenters. The van der Waals surface area contributed by atoms with Crippen LogP contribution < -0.4 is 16.0 Å². The van der Waals surface area contributed by atoms with E-state index in [9.17, 15) is 4.79 Å². The molecule has 1 aromatic carbocycles. The van der Waals surface area contributed by atoms with Crippen molar-refractivity contribution < 1.29 is 4.79 Å². The van der Waals surface area contributed by atoms with Gasteiger partial charge in [-0.2, -0.15) is 0 Å². The van der Waals surface area contributed by atoms with Gasteiger partial charge in [-0.3, -0.25) is 4.79 Å². The molecule has 1 amide bonds. The van der Waals surface area contributed by atoms with Gasteiger partial charge in [-0.25, -0.2) is 4.98 Å². The van der Waals surface area contributed by atoms with Crippen molar-refractivity contribution in [2.45, 2.75) is 20.8 Å². The molecular formula is C15H20N4OS. The third-order valence-corrected chi connectivity index (χ3v) is 4.26. The van der Waals surface area contributed by atoms with E-state index in [1.807, 2.05) is 24.3 Å². The Bertz CT molecular complexity index is 617. The van der Waals surface area contributed by atoms with Crippen LogP contribution in [0.1, 0.15) is 29.2 Å². The van der Waals surface area contributed by atoms with Gasteiger partial charge in [0, 0.05) is 24.5 Å². The van der Waals surface area contributed by atoms with E-state index in [0.29, 0.717) is 15.7 Å². The van der Waals surface area contributed by atoms with E-state index in [1.54, 1.807) is 6.92 Å². The second-order valence-corrected chi connectivity index (χ2v) is 5.67. The topological polar surface area (TPSA) is 71.2 Å². The Morgan fingerprint density at radius 1 is 1.29 bits per heavy atom. The van der Waals surface area contributed by atoms with E-state index in [-0.39, 0.29) is 5.91 Å². The number of amides is 1. The van der Waals surface area contributed by atoms with Crippen LogP contribution in [0.25, 0.3) is 0 Å². The zero-order valence-corrected chi connectivity index (χ0v) is 13.3. The molecule has 2 rings (SSSR count). The van der Waals surface area contributed by atoms with Gasteiger partial charge < -0.3 is 16.0 Å². The summed E-state index contributed by atoms with van der Waals surface area (Å²) in [4.78, 5) is 19.0. The number of thiazole rings is 1. The molecule has 0 aliphatic rings. The van der Waals surface area contributed by atoms with E-state index in [4.69, 9.17) is 5.73 Å². The molecule has 3 N–H and O–H groups in total. The van der Waals surface area contributed by atoms with Crippen LogP contribution in [0.3, 0.4) is 0 Å². The molecule has 0 saturated carbocycles. The minimum absolute atomic E-state index is 0.169. The number of anilines is 3. The molecule has 5 nitrogen and oxygen atoms in total. The summed E-state index contributed by atoms with van der Waals surface area (Å²) in [5, 5.41) is 3.28. The van der Waals surface area contributed by atoms with Gasteiger partial charge in [0.25, 0.3) is 5.91 Å². The monoisotopic (exact) mass is 304 g/mol. The first kappa shape index (κ1) is 15.3. The SMILES string of the molecule is CCN(CC)c1ccc(NC(=O)c2sc(N)nc2C)cc1. The lowest BCUT2D eigenvalue weighted by atomic mass is 10.2. The molecule has 0 bridgehead atoms. The summed E-state index contributed by atoms with van der Waals surface area (Å²) in [5.74, 6) is -0.169. The molecule has 112 valence electrons. The van der Waals surface area contributed by atoms with Crippen molar-refractivity contribution in [3.8, 4) is 0 Å². The van der Waals surface area contributed by atoms with E-state index in [1.165, 1.54) is 11.3 Å². The summed E-state index contributed by atoms with van der Waals surface area (Å²) < 4.78 is 0. The quantitative estimate of drug-likeness (QED) is 0.890. The maximum absolute atomic E-state index is 12.2. The molecule has 0 radical (unpaired) electrons. The van der Waals surface area contributed by atoms with Crippen LogP contribution in [0.4, 0.5) is 16.5 Å². The summed E-state index contributed by atoms with van der Waals surface area (Å²) >= 11 is 1.20. The predicted octanol–water partition coefficient (Wildman–Crippen LogP) is 3.13. The van der Waals surface area contributed by atoms with Gasteiger partial charge in [-0.15, -0.1) is 0 Å². The summed E-state index contributed by atoms with van der Waals surface area (Å²) in [6.45, 7) is 7.95. The van der Waals surface area contributed by atoms with Gasteiger partial charge in [0.2, 0.25) is 0 Å². The average molecular weight is 304 g/mol. The van der Waals surface area contributed by atoms with Crippen LogP contribution in [-0.2, 0) is 0 Å². The van der Waals surface area contributed by atoms with Crippen molar-refractivity contribution in [3.05, 3.63) is 34.8 Å². The fourth-order valence-corrected chi connectivity index (χ4v) is 2.89. The Hall–Kier alpha value is -2.08. The highest BCUT2D eigenvalue weighted by atomic mass is 32.1. The Balaban J connectivity index is 2.10. The Morgan fingerprint density at radius 2 is 1.90 bits per heavy atom. The summed E-state index contributed by atoms with van der Waals surface area (Å²) in [6.07, 6.45) is 0. The third-order valence-electron chi connectivity index (χ3n) is 3.27. The molecule has 1 aromatic heterocycles. The number of carbonyl (C=O) groups is 1. The molecule has 0 atom stereocenters. The molecule has 2 aromatic rings. The summed E-state index contributed by atoms with van der Waals surface area (Å²) in [7, 11) is 0. The lowest BCUT2D eigenvalue weighted by Crippen LogP contribution is -2.21. The fraction of sp³-hybridized carbons (Fsp3) is 0.333. The maximum Gasteiger partial charge on any atom is 0.267 e. The van der Waals surface area contributed by atoms with Crippen LogP contribution >= 0.6 is 11.3 Å². The minimum atomic E-state index is -0.169. The Morgan fingerprint density at radius 3 is 2.38 bits per heavy atom. The number of hydrogen-bond acceptors (Lipinski definition) is 5. The van der Waals surface area contributed by atoms with Gasteiger partial charge in [0.1, 0.15) is 4.88 Å². The standard InChI is InChI=1S/C15H20N4OS/c1-4-19(5-2)12-8-6-11(7-9-12)18-14(20)13-10(3)17-15(16)21-13/h6-9H,4-5H2,1-3H3,(H2,16,17)(H,18,20). The number of aromatic nitrogens is 1. The average Bonchev–Trinajstić information content (AvgIpc) is 2.81. The van der Waals surface area contributed by atoms with Gasteiger partial charge in [0.05, 0.1) is 5.69 Å². The van der Waals surface area contributed by atoms with Crippen LogP contribution in [0, 0.1) is 6.92 Å². The third kappa shape index (κ3) is 3.52. The second-order valence-electron chi connectivity index (χ2n) is 4.64. The number of benzene rings is 1. The number of nitrogens with zero attached hydrogens (tertiary/aromatic N) is 2. The van der Waals surface area contributed by atoms with Crippen LogP contribution in [-0.4, -0.2) is 24.0 Å². The zero-order chi connectivity index (χ0) is 15.4. The van der Waals surface area contributed by atoms with E-state index in [0.717, 1.165) is 24.5 Å². The van der Waals surface area contributed by atoms with Crippen molar-refractivity contribution >= 4 is 33.8 Å². The number of carbonyl (C=O) groups excluding carboxylic acids is 1. The molecule has 1 heterocycles. The lowest BCUT2D eigenvalue weighted by molar-refractivity contribution is 0.103. The Kier molecular flexibility index (Phi) is 4.80. The van der Waals surface area contributed by atoms with E-state index < -0.39 is 0 Å². The fourth-order valence-electron chi connectivity index (χ4n) is 2.16. The van der Waals surface area contributed by atoms with E-state index in [2.05, 4.69) is 29.0 Å². The van der Waals surface area contributed by atoms with Crippen molar-refractivity contribution in [1.82, 2.24) is 4.98 Å². The van der Waals surface area contributed by atoms with E-state index >= 15 is 0 Å². The Labute approximate surface area is 128 Å². The molecular weight excluding hydrogens is 284 g/mol. The van der Waals surface area contributed by atoms with Crippen molar-refractivity contribution in [1.29, 1.82) is 0 Å². The predicted molar refractivity (Wildman–Crippen MR) is 89.2 cm³/mol. The number of nitrogen functional groups attached to an aromatic ring is 1. The summed E-state index contributed by atoms with van der Waals surface area (Å²) in [5.41, 5.74) is 8.19. The zero-order valence-electron chi connectivity index (χ0n) is 12.5. The highest BCUT2D eigenvalue weighted by Crippen LogP contribution is 2.22. The van der Waals surface area contributed by atoms with Crippen molar-refractivity contribution in [2.75, 3.05) is 29.0 Å². The van der Waals surface area contributed by atoms with Crippen LogP contribution in [0.2, 0.25) is 0 Å². The van der Waals surface area contributed by atoms with Crippen LogP contribution in [0.15, 0.2) is 24.3 Å². The lowest BCUT2D eigenvalue weighted by Gasteiger charge is -2.21. The van der Waals surface area contributed by atoms with Gasteiger partial charge >= 0.3 is 0 Å². The maximum atomic E-state index is 12.2. The molecule has 0 saturated heterocycles. The first-order valence-electron chi connectivity index (χ1n) is 6.94. The molecule has 6 heteroatoms. The highest BCUT2D eigenvalue weighted by molar-refractivity contribution is 7.17. The smallest absolute Gasteiger partial charge is 0.267 e. The molecule has 0 aliphatic carbocycles. The molecule has 0 spiro atoms. The largest absolute Gasteiger partial charge is 0.375 e. The van der Waals surface area contributed by atoms with Crippen molar-refractivity contribution in [2.24, 2.45) is 0 Å². The first-order valence-corrected chi connectivity index (χ1v) is 7.76. The first-order chi connectivity index (χ1) is 10.0. The highest BCUT2D eigenvalue weighted by Gasteiger charge is 2.14. The summed E-state index contributed by atoms with van der Waals surface area (Å²) in [6, 6.07) is 7.84. The molecule has 0 aliphatic heterocycles. The number of rotatable bonds is 5. The number of aryl methyl sites for hydroxylation is 1.